The second kappa shape index (κ2) is 5.98. The Hall–Kier alpha value is -1.67. The summed E-state index contributed by atoms with van der Waals surface area (Å²) in [6.45, 7) is 3.04. The molecule has 3 N–H and O–H groups in total. The Bertz CT molecular complexity index is 571. The van der Waals surface area contributed by atoms with Gasteiger partial charge in [-0.05, 0) is 32.0 Å². The zero-order valence-electron chi connectivity index (χ0n) is 11.7. The number of alkyl halides is 3. The van der Waals surface area contributed by atoms with Crippen molar-refractivity contribution in [3.05, 3.63) is 29.3 Å². The summed E-state index contributed by atoms with van der Waals surface area (Å²) in [5.74, 6) is -0.526. The highest BCUT2D eigenvalue weighted by Crippen LogP contribution is 2.32. The zero-order valence-corrected chi connectivity index (χ0v) is 12.5. The minimum absolute atomic E-state index is 0.0555. The van der Waals surface area contributed by atoms with Crippen molar-refractivity contribution in [3.8, 4) is 0 Å². The summed E-state index contributed by atoms with van der Waals surface area (Å²) in [5.41, 5.74) is 3.44. The van der Waals surface area contributed by atoms with Crippen LogP contribution in [0, 0.1) is 0 Å². The van der Waals surface area contributed by atoms with E-state index < -0.39 is 23.2 Å². The maximum atomic E-state index is 12.7. The van der Waals surface area contributed by atoms with Crippen LogP contribution in [0.3, 0.4) is 0 Å². The van der Waals surface area contributed by atoms with Crippen molar-refractivity contribution in [1.29, 1.82) is 0 Å². The van der Waals surface area contributed by atoms with Gasteiger partial charge in [-0.3, -0.25) is 4.79 Å². The number of carbonyl (C=O) groups is 1. The Morgan fingerprint density at radius 1 is 1.33 bits per heavy atom. The van der Waals surface area contributed by atoms with Crippen molar-refractivity contribution in [1.82, 2.24) is 0 Å². The number of benzene rings is 1. The summed E-state index contributed by atoms with van der Waals surface area (Å²) in [4.78, 5) is 11.7. The number of ether oxygens (including phenoxy) is 1. The maximum absolute atomic E-state index is 12.7. The van der Waals surface area contributed by atoms with E-state index in [4.69, 9.17) is 22.7 Å². The normalized spacial score (nSPS) is 12.1. The molecule has 0 unspecified atom stereocenters. The first-order chi connectivity index (χ1) is 9.49. The summed E-state index contributed by atoms with van der Waals surface area (Å²) in [6, 6.07) is 2.76. The van der Waals surface area contributed by atoms with Crippen LogP contribution in [0.5, 0.6) is 0 Å². The third kappa shape index (κ3) is 4.15. The molecule has 0 heterocycles. The minimum Gasteiger partial charge on any atom is -0.389 e. The van der Waals surface area contributed by atoms with Crippen molar-refractivity contribution < 1.29 is 22.7 Å². The topological polar surface area (TPSA) is 64.3 Å². The Labute approximate surface area is 125 Å². The number of nitrogens with two attached hydrogens (primary N) is 1. The minimum atomic E-state index is -4.52. The van der Waals surface area contributed by atoms with Crippen LogP contribution in [-0.4, -0.2) is 23.6 Å². The Balaban J connectivity index is 3.20. The van der Waals surface area contributed by atoms with Crippen molar-refractivity contribution in [2.45, 2.75) is 25.6 Å². The number of halogens is 3. The van der Waals surface area contributed by atoms with Gasteiger partial charge in [-0.15, -0.1) is 0 Å². The van der Waals surface area contributed by atoms with E-state index in [1.807, 2.05) is 0 Å². The molecule has 0 saturated carbocycles. The lowest BCUT2D eigenvalue weighted by Gasteiger charge is -2.23. The molecule has 0 bridgehead atoms. The summed E-state index contributed by atoms with van der Waals surface area (Å²) < 4.78 is 43.0. The first kappa shape index (κ1) is 17.4. The Morgan fingerprint density at radius 2 is 1.90 bits per heavy atom. The van der Waals surface area contributed by atoms with Crippen molar-refractivity contribution >= 4 is 28.8 Å². The summed E-state index contributed by atoms with van der Waals surface area (Å²) in [7, 11) is 1.35. The third-order valence-electron chi connectivity index (χ3n) is 2.92. The number of hydrogen-bond acceptors (Lipinski definition) is 3. The highest BCUT2D eigenvalue weighted by atomic mass is 32.1. The molecular formula is C13H15F3N2O2S. The lowest BCUT2D eigenvalue weighted by atomic mass is 10.1. The molecule has 0 saturated heterocycles. The van der Waals surface area contributed by atoms with Crippen molar-refractivity contribution in [3.63, 3.8) is 0 Å². The van der Waals surface area contributed by atoms with Gasteiger partial charge < -0.3 is 15.8 Å². The largest absolute Gasteiger partial charge is 0.416 e. The zero-order chi connectivity index (χ0) is 16.4. The van der Waals surface area contributed by atoms with Crippen LogP contribution in [0.4, 0.5) is 18.9 Å². The molecule has 1 amide bonds. The van der Waals surface area contributed by atoms with E-state index in [1.165, 1.54) is 21.0 Å². The third-order valence-corrected chi connectivity index (χ3v) is 3.14. The molecule has 116 valence electrons. The molecule has 0 radical (unpaired) electrons. The number of thiocarbonyl (C=S) groups is 1. The number of rotatable bonds is 4. The molecule has 21 heavy (non-hydrogen) atoms. The molecule has 0 aliphatic rings. The second-order valence-electron chi connectivity index (χ2n) is 4.79. The number of anilines is 1. The van der Waals surface area contributed by atoms with Gasteiger partial charge in [0, 0.05) is 12.7 Å². The van der Waals surface area contributed by atoms with Gasteiger partial charge in [0.05, 0.1) is 11.3 Å². The van der Waals surface area contributed by atoms with Crippen LogP contribution in [0.15, 0.2) is 18.2 Å². The van der Waals surface area contributed by atoms with Crippen molar-refractivity contribution in [2.24, 2.45) is 5.73 Å². The van der Waals surface area contributed by atoms with Crippen molar-refractivity contribution in [2.75, 3.05) is 12.4 Å². The smallest absolute Gasteiger partial charge is 0.389 e. The average Bonchev–Trinajstić information content (AvgIpc) is 2.37. The average molecular weight is 320 g/mol. The van der Waals surface area contributed by atoms with Gasteiger partial charge in [0.1, 0.15) is 10.6 Å². The number of amides is 1. The van der Waals surface area contributed by atoms with E-state index in [9.17, 15) is 18.0 Å². The second-order valence-corrected chi connectivity index (χ2v) is 5.23. The van der Waals surface area contributed by atoms with Crippen LogP contribution in [0.2, 0.25) is 0 Å². The van der Waals surface area contributed by atoms with E-state index in [2.05, 4.69) is 5.32 Å². The van der Waals surface area contributed by atoms with Crippen LogP contribution in [0.25, 0.3) is 0 Å². The van der Waals surface area contributed by atoms with Crippen LogP contribution >= 0.6 is 12.2 Å². The summed E-state index contributed by atoms with van der Waals surface area (Å²) in [6.07, 6.45) is -4.52. The monoisotopic (exact) mass is 320 g/mol. The molecule has 4 nitrogen and oxygen atoms in total. The highest BCUT2D eigenvalue weighted by molar-refractivity contribution is 7.80. The van der Waals surface area contributed by atoms with E-state index >= 15 is 0 Å². The van der Waals surface area contributed by atoms with Gasteiger partial charge in [0.25, 0.3) is 5.91 Å². The van der Waals surface area contributed by atoms with E-state index in [0.29, 0.717) is 0 Å². The fourth-order valence-electron chi connectivity index (χ4n) is 1.40. The number of methoxy groups -OCH3 is 1. The molecule has 8 heteroatoms. The number of hydrogen-bond donors (Lipinski definition) is 2. The van der Waals surface area contributed by atoms with Gasteiger partial charge in [0.2, 0.25) is 0 Å². The predicted octanol–water partition coefficient (Wildman–Crippen LogP) is 2.70. The lowest BCUT2D eigenvalue weighted by molar-refractivity contribution is -0.137. The molecule has 0 aliphatic carbocycles. The van der Waals surface area contributed by atoms with Gasteiger partial charge in [-0.2, -0.15) is 13.2 Å². The van der Waals surface area contributed by atoms with Gasteiger partial charge >= 0.3 is 6.18 Å². The maximum Gasteiger partial charge on any atom is 0.416 e. The number of nitrogens with one attached hydrogen (secondary N) is 1. The molecule has 1 aromatic rings. The first-order valence-electron chi connectivity index (χ1n) is 5.86. The molecule has 0 spiro atoms. The van der Waals surface area contributed by atoms with Gasteiger partial charge in [-0.1, -0.05) is 12.2 Å². The van der Waals surface area contributed by atoms with E-state index in [1.54, 1.807) is 0 Å². The summed E-state index contributed by atoms with van der Waals surface area (Å²) >= 11 is 4.73. The number of carbonyl (C=O) groups excluding carboxylic acids is 1. The van der Waals surface area contributed by atoms with Gasteiger partial charge in [-0.25, -0.2) is 0 Å². The first-order valence-corrected chi connectivity index (χ1v) is 6.27. The SMILES string of the molecule is COC(C)(C)C(=O)Nc1ccc(C(F)(F)F)cc1C(N)=S. The lowest BCUT2D eigenvalue weighted by Crippen LogP contribution is -2.39. The van der Waals surface area contributed by atoms with Gasteiger partial charge in [0.15, 0.2) is 0 Å². The molecule has 1 rings (SSSR count). The highest BCUT2D eigenvalue weighted by Gasteiger charge is 2.32. The standard InChI is InChI=1S/C13H15F3N2O2S/c1-12(2,20-3)11(19)18-9-5-4-7(13(14,15)16)6-8(9)10(17)21/h4-6H,1-3H3,(H2,17,21)(H,18,19). The van der Waals surface area contributed by atoms with Crippen LogP contribution in [0.1, 0.15) is 25.0 Å². The molecule has 0 aromatic heterocycles. The van der Waals surface area contributed by atoms with Crippen LogP contribution < -0.4 is 11.1 Å². The van der Waals surface area contributed by atoms with Crippen LogP contribution in [-0.2, 0) is 15.7 Å². The Morgan fingerprint density at radius 3 is 2.33 bits per heavy atom. The Kier molecular flexibility index (Phi) is 4.95. The molecule has 0 aliphatic heterocycles. The molecule has 0 fully saturated rings. The molecular weight excluding hydrogens is 305 g/mol. The molecule has 0 atom stereocenters. The van der Waals surface area contributed by atoms with E-state index in [0.717, 1.165) is 18.2 Å². The predicted molar refractivity (Wildman–Crippen MR) is 77.0 cm³/mol. The fourth-order valence-corrected chi connectivity index (χ4v) is 1.57. The summed E-state index contributed by atoms with van der Waals surface area (Å²) in [5, 5.41) is 2.46. The fraction of sp³-hybridized carbons (Fsp3) is 0.385. The quantitative estimate of drug-likeness (QED) is 0.837. The molecule has 1 aromatic carbocycles. The van der Waals surface area contributed by atoms with E-state index in [-0.39, 0.29) is 16.2 Å².